The molecule has 0 unspecified atom stereocenters. The minimum atomic E-state index is -3.50. The van der Waals surface area contributed by atoms with Crippen LogP contribution >= 0.6 is 0 Å². The van der Waals surface area contributed by atoms with Gasteiger partial charge in [0.1, 0.15) is 134 Å². The van der Waals surface area contributed by atoms with Gasteiger partial charge in [0.05, 0.1) is 63.9 Å². The summed E-state index contributed by atoms with van der Waals surface area (Å²) in [5.74, 6) is -14.1. The van der Waals surface area contributed by atoms with Crippen molar-refractivity contribution < 1.29 is 183 Å². The second kappa shape index (κ2) is 30.7. The Labute approximate surface area is 496 Å². The molecule has 6 rings (SSSR count). The van der Waals surface area contributed by atoms with Gasteiger partial charge in [0.15, 0.2) is 25.2 Å². The Balaban J connectivity index is 1.31. The molecule has 0 aromatic carbocycles. The maximum atomic E-state index is 13.6. The molecule has 3 amide bonds. The van der Waals surface area contributed by atoms with Crippen LogP contribution in [0.4, 0.5) is 0 Å². The molecule has 6 aliphatic rings. The first kappa shape index (κ1) is 73.2. The van der Waals surface area contributed by atoms with E-state index in [0.717, 1.165) is 20.8 Å². The summed E-state index contributed by atoms with van der Waals surface area (Å²) >= 11 is 0. The fourth-order valence-electron chi connectivity index (χ4n) is 11.1. The molecule has 40 nitrogen and oxygen atoms in total. The van der Waals surface area contributed by atoms with Crippen LogP contribution in [-0.2, 0) is 76.1 Å². The molecule has 88 heavy (non-hydrogen) atoms. The number of hydrogen-bond donors (Lipinski definition) is 24. The fraction of sp³-hybridized carbons (Fsp3) is 0.896. The number of carbonyl (C=O) groups excluding carboxylic acids is 3. The molecule has 32 atom stereocenters. The van der Waals surface area contributed by atoms with Crippen molar-refractivity contribution in [2.24, 2.45) is 0 Å². The van der Waals surface area contributed by atoms with E-state index in [4.69, 9.17) is 52.1 Å². The highest BCUT2D eigenvalue weighted by molar-refractivity contribution is 5.77. The molecule has 6 aliphatic heterocycles. The normalized spacial score (nSPS) is 44.6. The van der Waals surface area contributed by atoms with Crippen LogP contribution in [0.5, 0.6) is 0 Å². The Morgan fingerprint density at radius 2 is 0.875 bits per heavy atom. The summed E-state index contributed by atoms with van der Waals surface area (Å²) < 4.78 is 62.4. The van der Waals surface area contributed by atoms with Crippen LogP contribution in [0.3, 0.4) is 0 Å². The van der Waals surface area contributed by atoms with Gasteiger partial charge >= 0.3 is 11.9 Å². The number of ether oxygens (including phenoxy) is 11. The SMILES string of the molecule is CC(=O)N[C@H]1[C@H](O[C@H]2[C@@H](O)[C@@H](CO)O[C@@H](O[C@H]3[C@H](O)[C@@H](O)[C@H](O)O[C@@H]3CO)[C@@H]2O)O[C@H](CO)[C@@H](O)[C@@H]1O[C@@H]1O[C@H](CO)[C@H](O)[C@H](O[C@]2(C(=O)O)C[C@H](O)[C@@H](NC(C)=O)[C@H]([C@H](O)[C@@H](CO)O[C@]3(C(=O)O)C[C@H](O)[C@@H](NC(C)=O)[C@H]([C@H](O)[C@H](O)CO)O3)O2)[C@H]1O. The highest BCUT2D eigenvalue weighted by atomic mass is 16.8. The fourth-order valence-corrected chi connectivity index (χ4v) is 11.1. The van der Waals surface area contributed by atoms with Gasteiger partial charge in [-0.15, -0.1) is 0 Å². The number of nitrogens with one attached hydrogen (secondary N) is 3. The lowest BCUT2D eigenvalue weighted by molar-refractivity contribution is -0.390. The minimum Gasteiger partial charge on any atom is -0.477 e. The standard InChI is InChI=1S/C48H79N3O37/c1-12(58)49-23-15(61)4-47(45(74)75,86-37(23)26(64)17(63)6-52)85-21(10-56)30(68)38-24(50-13(2)59)16(62)5-48(87-38,46(76)77)88-40-29(67)20(9-55)81-44(34(40)72)83-36-25(51-14(3)60)42(79-18(7-53)27(36)65)84-39-28(66)19(8-54)80-43(33(39)71)82-35-22(11-57)78-41(73)32(70)31(35)69/h15-44,52-57,61-73H,4-11H2,1-3H3,(H,49,58)(H,50,59)(H,51,60)(H,74,75)(H,76,77)/t15-,16-,17+,18+,19+,20+,21+,22+,23+,24+,25+,26+,27+,28-,29-,30+,31+,32+,33+,34+,35+,36+,37+,38+,39-,40-,41+,42-,43-,44-,47+,48-/m0/s1. The van der Waals surface area contributed by atoms with Gasteiger partial charge in [-0.25, -0.2) is 9.59 Å². The summed E-state index contributed by atoms with van der Waals surface area (Å²) in [7, 11) is 0. The summed E-state index contributed by atoms with van der Waals surface area (Å²) in [5.41, 5.74) is 0. The smallest absolute Gasteiger partial charge is 0.364 e. The molecular weight excluding hydrogens is 1210 g/mol. The van der Waals surface area contributed by atoms with Crippen molar-refractivity contribution in [1.29, 1.82) is 0 Å². The number of carboxylic acids is 2. The largest absolute Gasteiger partial charge is 0.477 e. The Kier molecular flexibility index (Phi) is 25.6. The number of hydrogen-bond acceptors (Lipinski definition) is 35. The lowest BCUT2D eigenvalue weighted by Crippen LogP contribution is -2.72. The molecule has 0 aliphatic carbocycles. The third-order valence-corrected chi connectivity index (χ3v) is 15.6. The molecule has 6 saturated heterocycles. The van der Waals surface area contributed by atoms with Gasteiger partial charge in [0.2, 0.25) is 17.7 Å². The highest BCUT2D eigenvalue weighted by Gasteiger charge is 2.63. The van der Waals surface area contributed by atoms with Crippen LogP contribution in [0.25, 0.3) is 0 Å². The maximum Gasteiger partial charge on any atom is 0.364 e. The number of amides is 3. The molecule has 0 aromatic heterocycles. The number of aliphatic carboxylic acids is 2. The predicted octanol–water partition coefficient (Wildman–Crippen LogP) is -15.3. The maximum absolute atomic E-state index is 13.6. The van der Waals surface area contributed by atoms with E-state index >= 15 is 0 Å². The molecule has 40 heteroatoms. The molecule has 0 radical (unpaired) electrons. The van der Waals surface area contributed by atoms with E-state index in [1.54, 1.807) is 0 Å². The van der Waals surface area contributed by atoms with Gasteiger partial charge in [-0.05, 0) is 0 Å². The van der Waals surface area contributed by atoms with Crippen molar-refractivity contribution in [3.63, 3.8) is 0 Å². The number of rotatable bonds is 25. The summed E-state index contributed by atoms with van der Waals surface area (Å²) in [6, 6.07) is -5.71. The zero-order valence-corrected chi connectivity index (χ0v) is 46.9. The second-order valence-corrected chi connectivity index (χ2v) is 21.8. The van der Waals surface area contributed by atoms with E-state index in [2.05, 4.69) is 16.0 Å². The number of carbonyl (C=O) groups is 5. The first-order valence-electron chi connectivity index (χ1n) is 27.4. The van der Waals surface area contributed by atoms with E-state index in [0.29, 0.717) is 0 Å². The zero-order valence-electron chi connectivity index (χ0n) is 46.9. The van der Waals surface area contributed by atoms with Gasteiger partial charge in [0.25, 0.3) is 11.6 Å². The molecule has 0 spiro atoms. The summed E-state index contributed by atoms with van der Waals surface area (Å²) in [4.78, 5) is 64.2. The first-order valence-corrected chi connectivity index (χ1v) is 27.4. The van der Waals surface area contributed by atoms with Crippen molar-refractivity contribution >= 4 is 29.7 Å². The van der Waals surface area contributed by atoms with Gasteiger partial charge in [-0.3, -0.25) is 14.4 Å². The monoisotopic (exact) mass is 1290 g/mol. The average Bonchev–Trinajstić information content (AvgIpc) is 1.11. The predicted molar refractivity (Wildman–Crippen MR) is 268 cm³/mol. The molecular formula is C48H79N3O37. The van der Waals surface area contributed by atoms with Crippen LogP contribution < -0.4 is 16.0 Å². The molecule has 0 aromatic rings. The summed E-state index contributed by atoms with van der Waals surface area (Å²) in [5, 5.41) is 235. The lowest BCUT2D eigenvalue weighted by atomic mass is 9.87. The Morgan fingerprint density at radius 1 is 0.466 bits per heavy atom. The summed E-state index contributed by atoms with van der Waals surface area (Å²) in [6.45, 7) is -4.40. The minimum absolute atomic E-state index is 0.874. The Hall–Kier alpha value is -3.85. The summed E-state index contributed by atoms with van der Waals surface area (Å²) in [6.07, 6.45) is -61.3. The second-order valence-electron chi connectivity index (χ2n) is 21.8. The van der Waals surface area contributed by atoms with Crippen molar-refractivity contribution in [2.75, 3.05) is 39.6 Å². The van der Waals surface area contributed by atoms with E-state index in [1.165, 1.54) is 0 Å². The third kappa shape index (κ3) is 15.6. The highest BCUT2D eigenvalue weighted by Crippen LogP contribution is 2.41. The number of aliphatic hydroxyl groups is 19. The molecule has 0 saturated carbocycles. The molecule has 0 bridgehead atoms. The third-order valence-electron chi connectivity index (χ3n) is 15.6. The number of carboxylic acid groups (broad SMARTS) is 2. The zero-order chi connectivity index (χ0) is 65.8. The van der Waals surface area contributed by atoms with E-state index in [9.17, 15) is 131 Å². The Bertz CT molecular complexity index is 2320. The average molecular weight is 1290 g/mol. The topological polar surface area (TPSA) is 648 Å². The van der Waals surface area contributed by atoms with Crippen LogP contribution in [0.15, 0.2) is 0 Å². The van der Waals surface area contributed by atoms with Crippen molar-refractivity contribution in [3.05, 3.63) is 0 Å². The van der Waals surface area contributed by atoms with Gasteiger partial charge in [0, 0.05) is 33.6 Å². The number of aliphatic hydroxyl groups excluding tert-OH is 19. The molecule has 6 fully saturated rings. The van der Waals surface area contributed by atoms with Gasteiger partial charge in [-0.1, -0.05) is 0 Å². The first-order chi connectivity index (χ1) is 41.3. The van der Waals surface area contributed by atoms with Crippen LogP contribution in [0, 0.1) is 0 Å². The molecule has 6 heterocycles. The molecule has 24 N–H and O–H groups in total. The van der Waals surface area contributed by atoms with Crippen molar-refractivity contribution in [2.45, 2.75) is 229 Å². The van der Waals surface area contributed by atoms with E-state index < -0.39 is 277 Å². The van der Waals surface area contributed by atoms with E-state index in [-0.39, 0.29) is 0 Å². The van der Waals surface area contributed by atoms with Crippen LogP contribution in [0.2, 0.25) is 0 Å². The van der Waals surface area contributed by atoms with Crippen LogP contribution in [-0.4, -0.2) is 372 Å². The lowest BCUT2D eigenvalue weighted by Gasteiger charge is -2.52. The molecule has 508 valence electrons. The van der Waals surface area contributed by atoms with Crippen LogP contribution in [0.1, 0.15) is 33.6 Å². The van der Waals surface area contributed by atoms with E-state index in [1.807, 2.05) is 0 Å². The van der Waals surface area contributed by atoms with Gasteiger partial charge in [-0.2, -0.15) is 0 Å². The Morgan fingerprint density at radius 3 is 1.34 bits per heavy atom. The van der Waals surface area contributed by atoms with Crippen molar-refractivity contribution in [3.8, 4) is 0 Å². The van der Waals surface area contributed by atoms with Crippen molar-refractivity contribution in [1.82, 2.24) is 16.0 Å². The van der Waals surface area contributed by atoms with Gasteiger partial charge < -0.3 is 175 Å². The quantitative estimate of drug-likeness (QED) is 0.0404.